The third-order valence-electron chi connectivity index (χ3n) is 3.01. The maximum absolute atomic E-state index is 10.3. The minimum atomic E-state index is -0.766. The molecule has 0 fully saturated rings. The molecular formula is C14H14N2O2. The summed E-state index contributed by atoms with van der Waals surface area (Å²) in [6.07, 6.45) is 2.73. The molecule has 0 saturated carbocycles. The predicted octanol–water partition coefficient (Wildman–Crippen LogP) is 2.73. The Balaban J connectivity index is 1.98. The van der Waals surface area contributed by atoms with Crippen molar-refractivity contribution in [3.63, 3.8) is 0 Å². The number of fused-ring (bicyclic) bond motifs is 1. The molecule has 0 saturated heterocycles. The molecule has 0 radical (unpaired) electrons. The lowest BCUT2D eigenvalue weighted by atomic mass is 10.1. The Morgan fingerprint density at radius 1 is 1.39 bits per heavy atom. The number of rotatable bonds is 3. The maximum Gasteiger partial charge on any atom is 0.140 e. The lowest BCUT2D eigenvalue weighted by Gasteiger charge is -2.03. The van der Waals surface area contributed by atoms with E-state index in [1.807, 2.05) is 43.5 Å². The molecule has 3 aromatic rings. The van der Waals surface area contributed by atoms with Gasteiger partial charge in [-0.25, -0.2) is 0 Å². The van der Waals surface area contributed by atoms with Gasteiger partial charge in [0.1, 0.15) is 17.4 Å². The topological polar surface area (TPSA) is 51.2 Å². The van der Waals surface area contributed by atoms with E-state index in [-0.39, 0.29) is 0 Å². The van der Waals surface area contributed by atoms with Gasteiger partial charge in [0, 0.05) is 23.7 Å². The van der Waals surface area contributed by atoms with Gasteiger partial charge in [0.2, 0.25) is 0 Å². The molecule has 0 amide bonds. The van der Waals surface area contributed by atoms with Crippen molar-refractivity contribution >= 4 is 11.0 Å². The van der Waals surface area contributed by atoms with Crippen LogP contribution in [0.3, 0.4) is 0 Å². The molecule has 2 aromatic heterocycles. The Hall–Kier alpha value is -2.07. The Bertz CT molecular complexity index is 636. The van der Waals surface area contributed by atoms with E-state index >= 15 is 0 Å². The zero-order chi connectivity index (χ0) is 12.5. The van der Waals surface area contributed by atoms with E-state index in [1.54, 1.807) is 10.9 Å². The first kappa shape index (κ1) is 11.0. The average Bonchev–Trinajstić information content (AvgIpc) is 3.04. The molecule has 4 nitrogen and oxygen atoms in total. The van der Waals surface area contributed by atoms with E-state index in [1.165, 1.54) is 0 Å². The summed E-state index contributed by atoms with van der Waals surface area (Å²) in [6.45, 7) is 2.79. The van der Waals surface area contributed by atoms with E-state index in [0.717, 1.165) is 23.1 Å². The largest absolute Gasteiger partial charge is 0.458 e. The second-order valence-corrected chi connectivity index (χ2v) is 4.22. The molecule has 0 aliphatic rings. The lowest BCUT2D eigenvalue weighted by molar-refractivity contribution is 0.192. The van der Waals surface area contributed by atoms with Crippen molar-refractivity contribution in [3.05, 3.63) is 54.0 Å². The van der Waals surface area contributed by atoms with Crippen molar-refractivity contribution in [3.8, 4) is 0 Å². The fraction of sp³-hybridized carbons (Fsp3) is 0.214. The van der Waals surface area contributed by atoms with Gasteiger partial charge in [-0.05, 0) is 19.1 Å². The highest BCUT2D eigenvalue weighted by Crippen LogP contribution is 2.27. The van der Waals surface area contributed by atoms with E-state index in [9.17, 15) is 5.11 Å². The summed E-state index contributed by atoms with van der Waals surface area (Å²) in [6, 6.07) is 9.58. The summed E-state index contributed by atoms with van der Waals surface area (Å²) in [5, 5.41) is 15.4. The Morgan fingerprint density at radius 3 is 2.94 bits per heavy atom. The summed E-state index contributed by atoms with van der Waals surface area (Å²) in [5.74, 6) is 0.548. The zero-order valence-corrected chi connectivity index (χ0v) is 10.1. The van der Waals surface area contributed by atoms with Crippen LogP contribution in [0.2, 0.25) is 0 Å². The van der Waals surface area contributed by atoms with Crippen LogP contribution in [-0.4, -0.2) is 14.9 Å². The summed E-state index contributed by atoms with van der Waals surface area (Å²) in [5.41, 5.74) is 1.53. The van der Waals surface area contributed by atoms with Crippen molar-refractivity contribution in [1.82, 2.24) is 9.78 Å². The van der Waals surface area contributed by atoms with Gasteiger partial charge in [-0.2, -0.15) is 5.10 Å². The number of hydrogen-bond acceptors (Lipinski definition) is 3. The summed E-state index contributed by atoms with van der Waals surface area (Å²) >= 11 is 0. The quantitative estimate of drug-likeness (QED) is 0.768. The van der Waals surface area contributed by atoms with Crippen LogP contribution >= 0.6 is 0 Å². The Kier molecular flexibility index (Phi) is 2.64. The number of para-hydroxylation sites is 1. The molecule has 18 heavy (non-hydrogen) atoms. The number of aliphatic hydroxyl groups is 1. The average molecular weight is 242 g/mol. The first-order valence-electron chi connectivity index (χ1n) is 5.97. The molecule has 1 N–H and O–H groups in total. The van der Waals surface area contributed by atoms with Crippen LogP contribution in [0.1, 0.15) is 24.4 Å². The first-order chi connectivity index (χ1) is 8.78. The van der Waals surface area contributed by atoms with Gasteiger partial charge in [0.15, 0.2) is 0 Å². The summed E-state index contributed by atoms with van der Waals surface area (Å²) in [7, 11) is 0. The van der Waals surface area contributed by atoms with Gasteiger partial charge < -0.3 is 9.52 Å². The van der Waals surface area contributed by atoms with Crippen LogP contribution in [0.4, 0.5) is 0 Å². The van der Waals surface area contributed by atoms with Crippen molar-refractivity contribution in [2.45, 2.75) is 19.6 Å². The van der Waals surface area contributed by atoms with Crippen LogP contribution < -0.4 is 0 Å². The third-order valence-corrected chi connectivity index (χ3v) is 3.01. The molecular weight excluding hydrogens is 228 g/mol. The number of benzene rings is 1. The van der Waals surface area contributed by atoms with Gasteiger partial charge >= 0.3 is 0 Å². The van der Waals surface area contributed by atoms with Crippen LogP contribution in [0.15, 0.2) is 47.1 Å². The van der Waals surface area contributed by atoms with E-state index in [4.69, 9.17) is 4.42 Å². The smallest absolute Gasteiger partial charge is 0.140 e. The molecule has 1 atom stereocenters. The zero-order valence-electron chi connectivity index (χ0n) is 10.1. The minimum absolute atomic E-state index is 0.548. The summed E-state index contributed by atoms with van der Waals surface area (Å²) < 4.78 is 7.42. The van der Waals surface area contributed by atoms with Crippen LogP contribution in [0, 0.1) is 0 Å². The Labute approximate surface area is 104 Å². The predicted molar refractivity (Wildman–Crippen MR) is 68.2 cm³/mol. The van der Waals surface area contributed by atoms with Crippen molar-refractivity contribution in [1.29, 1.82) is 0 Å². The van der Waals surface area contributed by atoms with Crippen LogP contribution in [0.5, 0.6) is 0 Å². The molecule has 0 bridgehead atoms. The van der Waals surface area contributed by atoms with Crippen LogP contribution in [-0.2, 0) is 6.54 Å². The number of aryl methyl sites for hydroxylation is 1. The first-order valence-corrected chi connectivity index (χ1v) is 5.97. The standard InChI is InChI=1S/C14H14N2O2/c1-2-16-9-11(8-15-16)14(17)13-7-10-5-3-4-6-12(10)18-13/h3-9,14,17H,2H2,1H3. The second kappa shape index (κ2) is 4.31. The molecule has 0 aliphatic heterocycles. The van der Waals surface area contributed by atoms with Crippen molar-refractivity contribution < 1.29 is 9.52 Å². The molecule has 92 valence electrons. The van der Waals surface area contributed by atoms with Gasteiger partial charge in [-0.15, -0.1) is 0 Å². The van der Waals surface area contributed by atoms with Gasteiger partial charge in [-0.3, -0.25) is 4.68 Å². The maximum atomic E-state index is 10.3. The molecule has 1 unspecified atom stereocenters. The van der Waals surface area contributed by atoms with Gasteiger partial charge in [-0.1, -0.05) is 18.2 Å². The number of furan rings is 1. The highest BCUT2D eigenvalue weighted by atomic mass is 16.4. The van der Waals surface area contributed by atoms with Crippen molar-refractivity contribution in [2.24, 2.45) is 0 Å². The van der Waals surface area contributed by atoms with Gasteiger partial charge in [0.05, 0.1) is 6.20 Å². The second-order valence-electron chi connectivity index (χ2n) is 4.22. The molecule has 2 heterocycles. The SMILES string of the molecule is CCn1cc(C(O)c2cc3ccccc3o2)cn1. The highest BCUT2D eigenvalue weighted by molar-refractivity contribution is 5.77. The van der Waals surface area contributed by atoms with Crippen molar-refractivity contribution in [2.75, 3.05) is 0 Å². The van der Waals surface area contributed by atoms with Gasteiger partial charge in [0.25, 0.3) is 0 Å². The molecule has 4 heteroatoms. The molecule has 0 aliphatic carbocycles. The molecule has 0 spiro atoms. The summed E-state index contributed by atoms with van der Waals surface area (Å²) in [4.78, 5) is 0. The minimum Gasteiger partial charge on any atom is -0.458 e. The third kappa shape index (κ3) is 1.80. The molecule has 1 aromatic carbocycles. The number of aromatic nitrogens is 2. The van der Waals surface area contributed by atoms with E-state index < -0.39 is 6.10 Å². The Morgan fingerprint density at radius 2 is 2.22 bits per heavy atom. The number of aliphatic hydroxyl groups excluding tert-OH is 1. The normalized spacial score (nSPS) is 13.0. The fourth-order valence-corrected chi connectivity index (χ4v) is 2.00. The number of nitrogens with zero attached hydrogens (tertiary/aromatic N) is 2. The van der Waals surface area contributed by atoms with E-state index in [2.05, 4.69) is 5.10 Å². The fourth-order valence-electron chi connectivity index (χ4n) is 2.00. The highest BCUT2D eigenvalue weighted by Gasteiger charge is 2.17. The monoisotopic (exact) mass is 242 g/mol. The molecule has 3 rings (SSSR count). The lowest BCUT2D eigenvalue weighted by Crippen LogP contribution is -1.97. The van der Waals surface area contributed by atoms with E-state index in [0.29, 0.717) is 5.76 Å². The number of hydrogen-bond donors (Lipinski definition) is 1. The van der Waals surface area contributed by atoms with Crippen LogP contribution in [0.25, 0.3) is 11.0 Å².